The van der Waals surface area contributed by atoms with Gasteiger partial charge in [-0.05, 0) is 41.9 Å². The van der Waals surface area contributed by atoms with E-state index in [9.17, 15) is 19.2 Å². The Kier molecular flexibility index (Phi) is 14.6. The molecule has 1 fully saturated rings. The smallest absolute Gasteiger partial charge is 0.329 e. The highest BCUT2D eigenvalue weighted by molar-refractivity contribution is 5.93. The van der Waals surface area contributed by atoms with Gasteiger partial charge < -0.3 is 25.4 Å². The molecule has 3 aromatic rings. The molecule has 1 saturated heterocycles. The second-order valence-corrected chi connectivity index (χ2v) is 12.6. The zero-order valence-electron chi connectivity index (χ0n) is 27.9. The van der Waals surface area contributed by atoms with Crippen LogP contribution in [0.25, 0.3) is 0 Å². The van der Waals surface area contributed by atoms with Crippen LogP contribution in [0.4, 0.5) is 0 Å². The quantitative estimate of drug-likeness (QED) is 0.190. The highest BCUT2D eigenvalue weighted by atomic mass is 16.5. The molecular formula is C38H48N4O6. The van der Waals surface area contributed by atoms with Crippen molar-refractivity contribution in [3.05, 3.63) is 108 Å². The van der Waals surface area contributed by atoms with Gasteiger partial charge in [-0.15, -0.1) is 0 Å². The Morgan fingerprint density at radius 1 is 0.708 bits per heavy atom. The van der Waals surface area contributed by atoms with Gasteiger partial charge >= 0.3 is 5.97 Å². The maximum Gasteiger partial charge on any atom is 0.329 e. The summed E-state index contributed by atoms with van der Waals surface area (Å²) >= 11 is 0. The predicted octanol–water partition coefficient (Wildman–Crippen LogP) is 3.44. The fourth-order valence-corrected chi connectivity index (χ4v) is 5.55. The summed E-state index contributed by atoms with van der Waals surface area (Å²) in [4.78, 5) is 56.1. The number of benzene rings is 3. The van der Waals surface area contributed by atoms with E-state index in [1.807, 2.05) is 110 Å². The summed E-state index contributed by atoms with van der Waals surface area (Å²) in [5, 5.41) is 8.69. The summed E-state index contributed by atoms with van der Waals surface area (Å²) in [6.07, 6.45) is 1.47. The lowest BCUT2D eigenvalue weighted by atomic mass is 10.00. The van der Waals surface area contributed by atoms with Crippen molar-refractivity contribution >= 4 is 23.7 Å². The van der Waals surface area contributed by atoms with Crippen molar-refractivity contribution in [1.29, 1.82) is 0 Å². The molecule has 0 aliphatic carbocycles. The number of carbonyl (C=O) groups is 4. The average molecular weight is 657 g/mol. The monoisotopic (exact) mass is 656 g/mol. The van der Waals surface area contributed by atoms with E-state index >= 15 is 0 Å². The fourth-order valence-electron chi connectivity index (χ4n) is 5.55. The van der Waals surface area contributed by atoms with Crippen LogP contribution in [0, 0.1) is 5.92 Å². The highest BCUT2D eigenvalue weighted by Crippen LogP contribution is 2.12. The summed E-state index contributed by atoms with van der Waals surface area (Å²) < 4.78 is 11.0. The van der Waals surface area contributed by atoms with Crippen molar-refractivity contribution in [2.24, 2.45) is 5.92 Å². The third kappa shape index (κ3) is 12.6. The molecule has 3 amide bonds. The van der Waals surface area contributed by atoms with E-state index in [0.717, 1.165) is 16.7 Å². The van der Waals surface area contributed by atoms with Crippen molar-refractivity contribution in [2.45, 2.75) is 64.3 Å². The van der Waals surface area contributed by atoms with Crippen LogP contribution in [0.2, 0.25) is 0 Å². The van der Waals surface area contributed by atoms with Gasteiger partial charge in [0.15, 0.2) is 0 Å². The number of hydrogen-bond donors (Lipinski definition) is 3. The Hall–Kier alpha value is -4.54. The van der Waals surface area contributed by atoms with Crippen molar-refractivity contribution in [3.63, 3.8) is 0 Å². The molecule has 0 aromatic heterocycles. The number of ether oxygens (including phenoxy) is 2. The van der Waals surface area contributed by atoms with Gasteiger partial charge in [-0.25, -0.2) is 4.79 Å². The lowest BCUT2D eigenvalue weighted by Crippen LogP contribution is -2.57. The van der Waals surface area contributed by atoms with Crippen molar-refractivity contribution < 1.29 is 28.7 Å². The zero-order valence-corrected chi connectivity index (χ0v) is 27.9. The van der Waals surface area contributed by atoms with E-state index in [4.69, 9.17) is 9.47 Å². The van der Waals surface area contributed by atoms with Gasteiger partial charge in [0.25, 0.3) is 0 Å². The Labute approximate surface area is 283 Å². The Bertz CT molecular complexity index is 1430. The molecule has 4 rings (SSSR count). The van der Waals surface area contributed by atoms with Crippen LogP contribution in [0.15, 0.2) is 91.0 Å². The van der Waals surface area contributed by atoms with Crippen LogP contribution < -0.4 is 16.0 Å². The van der Waals surface area contributed by atoms with Crippen LogP contribution >= 0.6 is 0 Å². The normalized spacial score (nSPS) is 15.1. The molecule has 0 bridgehead atoms. The summed E-state index contributed by atoms with van der Waals surface area (Å²) in [5.41, 5.74) is 2.72. The van der Waals surface area contributed by atoms with Crippen LogP contribution in [-0.2, 0) is 48.1 Å². The van der Waals surface area contributed by atoms with Gasteiger partial charge in [0.1, 0.15) is 24.7 Å². The summed E-state index contributed by atoms with van der Waals surface area (Å²) in [7, 11) is 0. The minimum absolute atomic E-state index is 0.0531. The molecule has 3 aromatic carbocycles. The Morgan fingerprint density at radius 2 is 1.25 bits per heavy atom. The third-order valence-electron chi connectivity index (χ3n) is 8.13. The number of morpholine rings is 1. The largest absolute Gasteiger partial charge is 0.459 e. The van der Waals surface area contributed by atoms with E-state index in [-0.39, 0.29) is 31.4 Å². The van der Waals surface area contributed by atoms with Gasteiger partial charge in [-0.3, -0.25) is 19.3 Å². The molecule has 256 valence electrons. The number of aryl methyl sites for hydroxylation is 1. The molecule has 48 heavy (non-hydrogen) atoms. The highest BCUT2D eigenvalue weighted by Gasteiger charge is 2.31. The summed E-state index contributed by atoms with van der Waals surface area (Å²) in [6.45, 7) is 6.54. The first-order valence-corrected chi connectivity index (χ1v) is 16.8. The first-order chi connectivity index (χ1) is 23.3. The topological polar surface area (TPSA) is 126 Å². The number of esters is 1. The molecule has 3 atom stereocenters. The zero-order chi connectivity index (χ0) is 34.1. The van der Waals surface area contributed by atoms with E-state index in [2.05, 4.69) is 16.0 Å². The lowest BCUT2D eigenvalue weighted by Gasteiger charge is -2.28. The molecule has 0 saturated carbocycles. The van der Waals surface area contributed by atoms with Crippen molar-refractivity contribution in [2.75, 3.05) is 32.8 Å². The number of amides is 3. The van der Waals surface area contributed by atoms with Gasteiger partial charge in [0.2, 0.25) is 17.7 Å². The number of carbonyl (C=O) groups excluding carboxylic acids is 4. The van der Waals surface area contributed by atoms with Gasteiger partial charge in [-0.1, -0.05) is 105 Å². The number of hydrogen-bond acceptors (Lipinski definition) is 7. The number of rotatable bonds is 17. The maximum absolute atomic E-state index is 13.8. The molecule has 1 aliphatic heterocycles. The summed E-state index contributed by atoms with van der Waals surface area (Å²) in [5.74, 6) is -1.72. The van der Waals surface area contributed by atoms with E-state index in [0.29, 0.717) is 45.6 Å². The Morgan fingerprint density at radius 3 is 1.85 bits per heavy atom. The molecular weight excluding hydrogens is 608 g/mol. The molecule has 0 radical (unpaired) electrons. The second kappa shape index (κ2) is 19.3. The summed E-state index contributed by atoms with van der Waals surface area (Å²) in [6, 6.07) is 25.7. The predicted molar refractivity (Wildman–Crippen MR) is 184 cm³/mol. The second-order valence-electron chi connectivity index (χ2n) is 12.6. The van der Waals surface area contributed by atoms with Crippen LogP contribution in [-0.4, -0.2) is 79.6 Å². The minimum Gasteiger partial charge on any atom is -0.459 e. The van der Waals surface area contributed by atoms with Crippen molar-refractivity contribution in [3.8, 4) is 0 Å². The number of nitrogens with zero attached hydrogens (tertiary/aromatic N) is 1. The Balaban J connectivity index is 1.46. The molecule has 10 nitrogen and oxygen atoms in total. The van der Waals surface area contributed by atoms with Gasteiger partial charge in [-0.2, -0.15) is 0 Å². The standard InChI is InChI=1S/C38H48N4O6/c1-28(2)24-33(37(45)41-34(25-30-14-8-4-9-15-30)38(46)48-27-31-16-10-5-11-17-31)40-36(44)32(19-18-29-12-6-3-7-13-29)39-35(43)26-42-20-22-47-23-21-42/h3-17,28,32-34H,18-27H2,1-2H3,(H,39,43)(H,40,44)(H,41,45)/t32-,33?,34+/m0/s1. The lowest BCUT2D eigenvalue weighted by molar-refractivity contribution is -0.149. The first kappa shape index (κ1) is 36.3. The molecule has 1 unspecified atom stereocenters. The van der Waals surface area contributed by atoms with Crippen molar-refractivity contribution in [1.82, 2.24) is 20.9 Å². The third-order valence-corrected chi connectivity index (χ3v) is 8.13. The van der Waals surface area contributed by atoms with Gasteiger partial charge in [0.05, 0.1) is 19.8 Å². The average Bonchev–Trinajstić information content (AvgIpc) is 3.10. The molecule has 0 spiro atoms. The van der Waals surface area contributed by atoms with Crippen LogP contribution in [0.1, 0.15) is 43.4 Å². The van der Waals surface area contributed by atoms with Crippen LogP contribution in [0.3, 0.4) is 0 Å². The van der Waals surface area contributed by atoms with E-state index in [1.54, 1.807) is 0 Å². The van der Waals surface area contributed by atoms with Crippen LogP contribution in [0.5, 0.6) is 0 Å². The SMILES string of the molecule is CC(C)CC(NC(=O)[C@H](CCc1ccccc1)NC(=O)CN1CCOCC1)C(=O)N[C@H](Cc1ccccc1)C(=O)OCc1ccccc1. The van der Waals surface area contributed by atoms with Gasteiger partial charge in [0, 0.05) is 19.5 Å². The van der Waals surface area contributed by atoms with E-state index in [1.165, 1.54) is 0 Å². The molecule has 1 heterocycles. The number of nitrogens with one attached hydrogen (secondary N) is 3. The molecule has 1 aliphatic rings. The first-order valence-electron chi connectivity index (χ1n) is 16.8. The minimum atomic E-state index is -0.975. The fraction of sp³-hybridized carbons (Fsp3) is 0.421. The molecule has 3 N–H and O–H groups in total. The van der Waals surface area contributed by atoms with E-state index < -0.39 is 35.9 Å². The molecule has 10 heteroatoms. The maximum atomic E-state index is 13.8.